The van der Waals surface area contributed by atoms with Gasteiger partial charge in [-0.25, -0.2) is 0 Å². The summed E-state index contributed by atoms with van der Waals surface area (Å²) in [7, 11) is 0. The maximum absolute atomic E-state index is 10.9. The van der Waals surface area contributed by atoms with E-state index >= 15 is 0 Å². The summed E-state index contributed by atoms with van der Waals surface area (Å²) >= 11 is 0. The first-order chi connectivity index (χ1) is 6.20. The molecule has 0 atom stereocenters. The molecule has 1 aliphatic rings. The minimum atomic E-state index is -0.515. The van der Waals surface area contributed by atoms with Gasteiger partial charge in [-0.15, -0.1) is 4.85 Å². The van der Waals surface area contributed by atoms with Gasteiger partial charge in [0.2, 0.25) is 5.75 Å². The molecule has 1 aromatic rings. The van der Waals surface area contributed by atoms with Crippen molar-refractivity contribution in [3.63, 3.8) is 0 Å². The number of ether oxygens (including phenoxy) is 2. The van der Waals surface area contributed by atoms with E-state index in [0.717, 1.165) is 0 Å². The van der Waals surface area contributed by atoms with Gasteiger partial charge in [-0.1, -0.05) is 0 Å². The molecule has 1 aromatic heterocycles. The van der Waals surface area contributed by atoms with Crippen LogP contribution in [-0.4, -0.2) is 23.4 Å². The molecule has 0 amide bonds. The second-order valence-electron chi connectivity index (χ2n) is 2.44. The molecule has 0 radical (unpaired) electrons. The Morgan fingerprint density at radius 3 is 2.69 bits per heavy atom. The summed E-state index contributed by atoms with van der Waals surface area (Å²) in [5, 5.41) is 23.2. The number of nitrogens with two attached hydrogens (primary N) is 1. The maximum atomic E-state index is 10.9. The highest BCUT2D eigenvalue weighted by atomic mass is 16.6. The maximum Gasteiger partial charge on any atom is 0.344 e. The summed E-state index contributed by atoms with van der Waals surface area (Å²) in [6.07, 6.45) is 0. The first-order valence-electron chi connectivity index (χ1n) is 3.58. The van der Waals surface area contributed by atoms with E-state index in [-0.39, 0.29) is 22.2 Å². The molecule has 7 nitrogen and oxygen atoms in total. The third kappa shape index (κ3) is 1.05. The zero-order valence-corrected chi connectivity index (χ0v) is 6.56. The van der Waals surface area contributed by atoms with Gasteiger partial charge in [0.05, 0.1) is 0 Å². The number of aromatic nitrogens is 2. The van der Waals surface area contributed by atoms with Crippen molar-refractivity contribution in [2.75, 3.05) is 18.9 Å². The Balaban J connectivity index is 2.63. The number of rotatable bonds is 0. The Morgan fingerprint density at radius 2 is 2.00 bits per heavy atom. The van der Waals surface area contributed by atoms with Crippen LogP contribution in [0.1, 0.15) is 0 Å². The van der Waals surface area contributed by atoms with Crippen LogP contribution < -0.4 is 20.1 Å². The average molecular weight is 185 g/mol. The molecule has 0 bridgehead atoms. The van der Waals surface area contributed by atoms with E-state index in [2.05, 4.69) is 5.10 Å². The van der Waals surface area contributed by atoms with Crippen molar-refractivity contribution < 1.29 is 19.4 Å². The summed E-state index contributed by atoms with van der Waals surface area (Å²) in [6, 6.07) is 0. The van der Waals surface area contributed by atoms with Crippen molar-refractivity contribution in [1.82, 2.24) is 5.10 Å². The van der Waals surface area contributed by atoms with Crippen molar-refractivity contribution >= 4 is 5.82 Å². The van der Waals surface area contributed by atoms with Crippen LogP contribution in [0.25, 0.3) is 0 Å². The first kappa shape index (κ1) is 7.71. The third-order valence-electron chi connectivity index (χ3n) is 1.61. The summed E-state index contributed by atoms with van der Waals surface area (Å²) in [5.74, 6) is -0.656. The quantitative estimate of drug-likeness (QED) is 0.387. The highest BCUT2D eigenvalue weighted by molar-refractivity contribution is 5.56. The van der Waals surface area contributed by atoms with Crippen molar-refractivity contribution in [3.8, 4) is 17.4 Å². The smallest absolute Gasteiger partial charge is 0.344 e. The van der Waals surface area contributed by atoms with E-state index in [1.54, 1.807) is 0 Å². The van der Waals surface area contributed by atoms with Gasteiger partial charge in [0.25, 0.3) is 11.6 Å². The van der Waals surface area contributed by atoms with Gasteiger partial charge < -0.3 is 19.8 Å². The Morgan fingerprint density at radius 1 is 1.38 bits per heavy atom. The van der Waals surface area contributed by atoms with Gasteiger partial charge in [0.1, 0.15) is 13.2 Å². The van der Waals surface area contributed by atoms with Crippen LogP contribution in [0.4, 0.5) is 5.82 Å². The van der Waals surface area contributed by atoms with Crippen LogP contribution in [0.15, 0.2) is 0 Å². The molecular formula is C6H7N3O4. The molecular weight excluding hydrogens is 178 g/mol. The van der Waals surface area contributed by atoms with E-state index in [1.807, 2.05) is 0 Å². The number of hydrogen-bond acceptors (Lipinski definition) is 6. The predicted molar refractivity (Wildman–Crippen MR) is 40.3 cm³/mol. The van der Waals surface area contributed by atoms with Crippen LogP contribution >= 0.6 is 0 Å². The fraction of sp³-hybridized carbons (Fsp3) is 0.333. The SMILES string of the molecule is Nc1c2c(c(O)n[n+]1[O-])OCCO2. The number of fused-ring (bicyclic) bond motifs is 1. The number of hydrogen-bond donors (Lipinski definition) is 2. The lowest BCUT2D eigenvalue weighted by atomic mass is 10.4. The summed E-state index contributed by atoms with van der Waals surface area (Å²) in [6.45, 7) is 0.588. The van der Waals surface area contributed by atoms with Gasteiger partial charge in [-0.3, -0.25) is 5.73 Å². The molecule has 0 unspecified atom stereocenters. The lowest BCUT2D eigenvalue weighted by molar-refractivity contribution is -0.655. The van der Waals surface area contributed by atoms with E-state index in [4.69, 9.17) is 20.3 Å². The second-order valence-corrected chi connectivity index (χ2v) is 2.44. The molecule has 1 aliphatic heterocycles. The van der Waals surface area contributed by atoms with Gasteiger partial charge in [0, 0.05) is 0 Å². The Kier molecular flexibility index (Phi) is 1.51. The number of nitrogen functional groups attached to an aromatic ring is 1. The van der Waals surface area contributed by atoms with E-state index in [0.29, 0.717) is 13.2 Å². The third-order valence-corrected chi connectivity index (χ3v) is 1.61. The van der Waals surface area contributed by atoms with Crippen LogP contribution in [0.2, 0.25) is 0 Å². The Labute approximate surface area is 72.9 Å². The van der Waals surface area contributed by atoms with E-state index in [9.17, 15) is 5.21 Å². The molecule has 0 aliphatic carbocycles. The van der Waals surface area contributed by atoms with Gasteiger partial charge in [-0.2, -0.15) is 0 Å². The summed E-state index contributed by atoms with van der Waals surface area (Å²) < 4.78 is 10.1. The molecule has 3 N–H and O–H groups in total. The van der Waals surface area contributed by atoms with Gasteiger partial charge >= 0.3 is 5.82 Å². The highest BCUT2D eigenvalue weighted by Gasteiger charge is 2.26. The van der Waals surface area contributed by atoms with Gasteiger partial charge in [-0.05, 0) is 5.10 Å². The molecule has 0 fully saturated rings. The fourth-order valence-electron chi connectivity index (χ4n) is 1.05. The zero-order chi connectivity index (χ0) is 9.42. The van der Waals surface area contributed by atoms with Crippen molar-refractivity contribution in [3.05, 3.63) is 5.21 Å². The van der Waals surface area contributed by atoms with Crippen LogP contribution in [0.5, 0.6) is 17.4 Å². The Bertz CT molecular complexity index is 354. The van der Waals surface area contributed by atoms with Crippen LogP contribution in [-0.2, 0) is 0 Å². The normalized spacial score (nSPS) is 14.2. The first-order valence-corrected chi connectivity index (χ1v) is 3.58. The molecule has 70 valence electrons. The van der Waals surface area contributed by atoms with E-state index in [1.165, 1.54) is 0 Å². The standard InChI is InChI=1S/C6H7N3O4/c7-5-3-4(13-2-1-12-3)6(10)8-9(5)11/h1-2,7H2,(H,8,10). The van der Waals surface area contributed by atoms with Gasteiger partial charge in [0.15, 0.2) is 0 Å². The molecule has 0 saturated heterocycles. The highest BCUT2D eigenvalue weighted by Crippen LogP contribution is 2.38. The van der Waals surface area contributed by atoms with Crippen molar-refractivity contribution in [2.45, 2.75) is 0 Å². The topological polar surface area (TPSA) is 105 Å². The predicted octanol–water partition coefficient (Wildman–Crippen LogP) is -1.23. The summed E-state index contributed by atoms with van der Waals surface area (Å²) in [4.78, 5) is 0.0862. The second kappa shape index (κ2) is 2.54. The minimum Gasteiger partial charge on any atom is -0.690 e. The molecule has 0 saturated carbocycles. The molecule has 0 aromatic carbocycles. The van der Waals surface area contributed by atoms with Crippen LogP contribution in [0.3, 0.4) is 0 Å². The monoisotopic (exact) mass is 185 g/mol. The zero-order valence-electron chi connectivity index (χ0n) is 6.56. The lowest BCUT2D eigenvalue weighted by Crippen LogP contribution is -2.36. The molecule has 2 heterocycles. The largest absolute Gasteiger partial charge is 0.690 e. The Hall–Kier alpha value is -1.92. The van der Waals surface area contributed by atoms with Crippen LogP contribution in [0, 0.1) is 5.21 Å². The molecule has 7 heteroatoms. The molecule has 2 rings (SSSR count). The molecule has 0 spiro atoms. The average Bonchev–Trinajstić information content (AvgIpc) is 2.15. The van der Waals surface area contributed by atoms with Crippen molar-refractivity contribution in [1.29, 1.82) is 0 Å². The lowest BCUT2D eigenvalue weighted by Gasteiger charge is -2.18. The number of aromatic hydroxyl groups is 1. The van der Waals surface area contributed by atoms with E-state index < -0.39 is 5.88 Å². The van der Waals surface area contributed by atoms with Crippen molar-refractivity contribution in [2.24, 2.45) is 0 Å². The number of nitrogens with zero attached hydrogens (tertiary/aromatic N) is 2. The number of anilines is 1. The minimum absolute atomic E-state index is 0.0239. The summed E-state index contributed by atoms with van der Waals surface area (Å²) in [5.41, 5.74) is 5.34. The fourth-order valence-corrected chi connectivity index (χ4v) is 1.05. The molecule has 13 heavy (non-hydrogen) atoms.